The predicted molar refractivity (Wildman–Crippen MR) is 195 cm³/mol. The van der Waals surface area contributed by atoms with Gasteiger partial charge in [-0.05, 0) is 67.1 Å². The molecule has 0 aliphatic carbocycles. The van der Waals surface area contributed by atoms with Crippen LogP contribution in [0.25, 0.3) is 17.2 Å². The molecule has 250 valence electrons. The number of nitrogens with zero attached hydrogens (tertiary/aromatic N) is 3. The molecule has 0 bridgehead atoms. The Kier molecular flexibility index (Phi) is 10.3. The summed E-state index contributed by atoms with van der Waals surface area (Å²) in [5.74, 6) is 0.912. The van der Waals surface area contributed by atoms with Crippen LogP contribution in [0.2, 0.25) is 10.0 Å². The summed E-state index contributed by atoms with van der Waals surface area (Å²) in [6, 6.07) is 28.8. The maximum absolute atomic E-state index is 12.8. The molecule has 2 heterocycles. The molecule has 1 aromatic heterocycles. The van der Waals surface area contributed by atoms with Crippen molar-refractivity contribution < 1.29 is 18.6 Å². The van der Waals surface area contributed by atoms with E-state index in [1.807, 2.05) is 97.4 Å². The summed E-state index contributed by atoms with van der Waals surface area (Å²) >= 11 is 13.2. The molecule has 0 fully saturated rings. The number of likely N-dealkylation sites (N-methyl/N-ethyl adjacent to an activating group) is 1. The lowest BCUT2D eigenvalue weighted by Gasteiger charge is -2.26. The van der Waals surface area contributed by atoms with Gasteiger partial charge in [0.1, 0.15) is 12.9 Å². The molecule has 0 spiro atoms. The first-order valence-electron chi connectivity index (χ1n) is 16.0. The Labute approximate surface area is 295 Å². The van der Waals surface area contributed by atoms with E-state index in [9.17, 15) is 9.59 Å². The molecule has 2 amide bonds. The van der Waals surface area contributed by atoms with Gasteiger partial charge in [0.25, 0.3) is 17.3 Å². The van der Waals surface area contributed by atoms with E-state index in [2.05, 4.69) is 44.2 Å². The van der Waals surface area contributed by atoms with Gasteiger partial charge in [0, 0.05) is 24.7 Å². The number of anilines is 2. The Bertz CT molecular complexity index is 2040. The van der Waals surface area contributed by atoms with Gasteiger partial charge in [0.15, 0.2) is 0 Å². The van der Waals surface area contributed by atoms with Gasteiger partial charge in [-0.1, -0.05) is 84.7 Å². The minimum absolute atomic E-state index is 0.302. The molecule has 6 rings (SSSR count). The van der Waals surface area contributed by atoms with E-state index in [0.29, 0.717) is 41.0 Å². The zero-order valence-corrected chi connectivity index (χ0v) is 28.9. The summed E-state index contributed by atoms with van der Waals surface area (Å²) in [5.41, 5.74) is 11.1. The van der Waals surface area contributed by atoms with Crippen LogP contribution in [-0.2, 0) is 24.9 Å². The number of amides is 2. The van der Waals surface area contributed by atoms with Crippen molar-refractivity contribution in [1.29, 1.82) is 0 Å². The standard InChI is InChI=1S/C38H36Cl2N6O3/c1-4-30(41-2)38(48)43-42-37(47)27-19-17-26(18-20-27)24-46-33-22-29(40)28(39)21-32(33)45(23-25-11-6-5-7-12-25)35(46)15-10-16-36-44(3)31-13-8-9-14-34(31)49-36/h5-22,30,41H,4,23-24H2,1-3H3,(H-,42,43,47,48)/p+1. The highest BCUT2D eigenvalue weighted by atomic mass is 35.5. The molecule has 3 N–H and O–H groups in total. The van der Waals surface area contributed by atoms with Crippen LogP contribution in [0.3, 0.4) is 0 Å². The highest BCUT2D eigenvalue weighted by Gasteiger charge is 2.32. The van der Waals surface area contributed by atoms with E-state index in [0.717, 1.165) is 39.4 Å². The zero-order chi connectivity index (χ0) is 34.5. The normalized spacial score (nSPS) is 14.1. The fourth-order valence-electron chi connectivity index (χ4n) is 5.85. The number of aromatic nitrogens is 1. The van der Waals surface area contributed by atoms with Crippen LogP contribution in [-0.4, -0.2) is 24.9 Å². The van der Waals surface area contributed by atoms with Gasteiger partial charge in [-0.15, -0.1) is 0 Å². The highest BCUT2D eigenvalue weighted by molar-refractivity contribution is 6.42. The molecular formula is C38H37Cl2N6O3+. The summed E-state index contributed by atoms with van der Waals surface area (Å²) in [5, 5.41) is 3.84. The number of fused-ring (bicyclic) bond motifs is 2. The minimum atomic E-state index is -0.405. The number of nitrogens with one attached hydrogen (secondary N) is 3. The summed E-state index contributed by atoms with van der Waals surface area (Å²) in [7, 11) is 3.68. The van der Waals surface area contributed by atoms with Gasteiger partial charge in [-0.3, -0.25) is 20.4 Å². The number of hydrogen-bond acceptors (Lipinski definition) is 6. The molecule has 11 heteroatoms. The van der Waals surface area contributed by atoms with Crippen molar-refractivity contribution in [3.8, 4) is 0 Å². The Hall–Kier alpha value is -5.09. The fourth-order valence-corrected chi connectivity index (χ4v) is 6.17. The average Bonchev–Trinajstić information content (AvgIpc) is 3.57. The van der Waals surface area contributed by atoms with Crippen molar-refractivity contribution in [3.63, 3.8) is 0 Å². The lowest BCUT2D eigenvalue weighted by atomic mass is 10.1. The van der Waals surface area contributed by atoms with Crippen LogP contribution in [0, 0.1) is 0 Å². The van der Waals surface area contributed by atoms with E-state index >= 15 is 0 Å². The van der Waals surface area contributed by atoms with E-state index in [1.165, 1.54) is 0 Å². The first-order valence-corrected chi connectivity index (χ1v) is 16.7. The molecule has 1 aliphatic rings. The van der Waals surface area contributed by atoms with Crippen molar-refractivity contribution in [3.05, 3.63) is 142 Å². The monoisotopic (exact) mass is 695 g/mol. The quantitative estimate of drug-likeness (QED) is 0.109. The van der Waals surface area contributed by atoms with Crippen molar-refractivity contribution in [2.75, 3.05) is 16.8 Å². The lowest BCUT2D eigenvalue weighted by molar-refractivity contribution is -0.652. The Morgan fingerprint density at radius 1 is 0.857 bits per heavy atom. The summed E-state index contributed by atoms with van der Waals surface area (Å²) in [4.78, 5) is 29.5. The van der Waals surface area contributed by atoms with Crippen LogP contribution in [0.5, 0.6) is 0 Å². The number of hydrogen-bond donors (Lipinski definition) is 3. The van der Waals surface area contributed by atoms with Crippen molar-refractivity contribution >= 4 is 63.6 Å². The second-order valence-electron chi connectivity index (χ2n) is 11.7. The van der Waals surface area contributed by atoms with Crippen LogP contribution in [0.4, 0.5) is 11.4 Å². The third-order valence-corrected chi connectivity index (χ3v) is 9.24. The number of rotatable bonds is 10. The molecule has 0 radical (unpaired) electrons. The largest absolute Gasteiger partial charge is 0.398 e. The van der Waals surface area contributed by atoms with Gasteiger partial charge in [-0.25, -0.2) is 0 Å². The predicted octanol–water partition coefficient (Wildman–Crippen LogP) is 6.90. The second-order valence-corrected chi connectivity index (χ2v) is 12.5. The number of carbonyl (C=O) groups is 2. The van der Waals surface area contributed by atoms with Crippen molar-refractivity contribution in [1.82, 2.24) is 16.2 Å². The number of halogens is 2. The van der Waals surface area contributed by atoms with E-state index in [1.54, 1.807) is 19.2 Å². The lowest BCUT2D eigenvalue weighted by Crippen LogP contribution is -2.50. The molecule has 4 aromatic carbocycles. The Morgan fingerprint density at radius 3 is 2.08 bits per heavy atom. The molecule has 1 aliphatic heterocycles. The molecule has 0 saturated carbocycles. The number of aryl methyl sites for hydroxylation is 1. The molecule has 0 saturated heterocycles. The second kappa shape index (κ2) is 15.0. The maximum atomic E-state index is 12.8. The molecule has 49 heavy (non-hydrogen) atoms. The SMILES string of the molecule is CCC(NC)C(=O)NNC(=O)c1ccc(CN2C(=CC=Cc3oc4ccccc4[n+]3C)N(Cc3ccccc3)c3cc(Cl)c(Cl)cc32)cc1. The van der Waals surface area contributed by atoms with Gasteiger partial charge in [-0.2, -0.15) is 4.57 Å². The maximum Gasteiger partial charge on any atom is 0.373 e. The first kappa shape index (κ1) is 33.8. The number of benzene rings is 4. The average molecular weight is 697 g/mol. The smallest absolute Gasteiger partial charge is 0.373 e. The zero-order valence-electron chi connectivity index (χ0n) is 27.4. The Morgan fingerprint density at radius 2 is 1.47 bits per heavy atom. The number of para-hydroxylation sites is 2. The van der Waals surface area contributed by atoms with E-state index in [-0.39, 0.29) is 5.91 Å². The molecule has 5 aromatic rings. The van der Waals surface area contributed by atoms with Crippen LogP contribution in [0.1, 0.15) is 40.7 Å². The Balaban J connectivity index is 1.32. The van der Waals surface area contributed by atoms with Crippen LogP contribution < -0.4 is 30.5 Å². The fraction of sp³-hybridized carbons (Fsp3) is 0.184. The molecular weight excluding hydrogens is 659 g/mol. The number of hydrazine groups is 1. The number of allylic oxidation sites excluding steroid dienone is 2. The number of carbonyl (C=O) groups excluding carboxylic acids is 2. The third kappa shape index (κ3) is 7.34. The summed E-state index contributed by atoms with van der Waals surface area (Å²) in [6.07, 6.45) is 6.57. The van der Waals surface area contributed by atoms with Crippen LogP contribution >= 0.6 is 23.2 Å². The first-order chi connectivity index (χ1) is 23.8. The van der Waals surface area contributed by atoms with Gasteiger partial charge >= 0.3 is 5.89 Å². The van der Waals surface area contributed by atoms with Gasteiger partial charge in [0.2, 0.25) is 5.58 Å². The van der Waals surface area contributed by atoms with Crippen LogP contribution in [0.15, 0.2) is 113 Å². The molecule has 1 unspecified atom stereocenters. The van der Waals surface area contributed by atoms with E-state index in [4.69, 9.17) is 27.6 Å². The minimum Gasteiger partial charge on any atom is -0.398 e. The van der Waals surface area contributed by atoms with Crippen molar-refractivity contribution in [2.24, 2.45) is 7.05 Å². The van der Waals surface area contributed by atoms with Gasteiger partial charge in [0.05, 0.1) is 33.5 Å². The van der Waals surface area contributed by atoms with Crippen molar-refractivity contribution in [2.45, 2.75) is 32.5 Å². The topological polar surface area (TPSA) is 93.7 Å². The van der Waals surface area contributed by atoms with Gasteiger partial charge < -0.3 is 19.5 Å². The number of oxazole rings is 1. The van der Waals surface area contributed by atoms with E-state index < -0.39 is 11.9 Å². The molecule has 9 nitrogen and oxygen atoms in total. The molecule has 1 atom stereocenters. The summed E-state index contributed by atoms with van der Waals surface area (Å²) < 4.78 is 8.12. The third-order valence-electron chi connectivity index (χ3n) is 8.52. The summed E-state index contributed by atoms with van der Waals surface area (Å²) in [6.45, 7) is 2.96. The highest BCUT2D eigenvalue weighted by Crippen LogP contribution is 2.47.